The van der Waals surface area contributed by atoms with Gasteiger partial charge >= 0.3 is 6.03 Å². The standard InChI is InChI=1S/C14H18ClN3O/c1-3-7-18(8-4-2)14(19)17-12-5-6-13(15)11(9-12)10-16/h5-6,9H,3-4,7-8H2,1-2H3,(H,17,19). The average Bonchev–Trinajstić information content (AvgIpc) is 2.40. The van der Waals surface area contributed by atoms with E-state index >= 15 is 0 Å². The molecule has 5 heteroatoms. The maximum atomic E-state index is 12.1. The minimum atomic E-state index is -0.144. The van der Waals surface area contributed by atoms with Gasteiger partial charge in [0.25, 0.3) is 0 Å². The summed E-state index contributed by atoms with van der Waals surface area (Å²) in [5.74, 6) is 0. The molecule has 2 amide bonds. The van der Waals surface area contributed by atoms with Crippen LogP contribution in [0, 0.1) is 11.3 Å². The van der Waals surface area contributed by atoms with Crippen LogP contribution in [0.25, 0.3) is 0 Å². The van der Waals surface area contributed by atoms with Gasteiger partial charge < -0.3 is 10.2 Å². The van der Waals surface area contributed by atoms with E-state index in [0.717, 1.165) is 25.9 Å². The normalized spacial score (nSPS) is 9.79. The first-order chi connectivity index (χ1) is 9.12. The minimum absolute atomic E-state index is 0.144. The molecule has 0 saturated carbocycles. The van der Waals surface area contributed by atoms with Gasteiger partial charge in [-0.1, -0.05) is 25.4 Å². The third-order valence-corrected chi connectivity index (χ3v) is 2.94. The van der Waals surface area contributed by atoms with Crippen LogP contribution in [0.15, 0.2) is 18.2 Å². The van der Waals surface area contributed by atoms with E-state index in [2.05, 4.69) is 5.32 Å². The van der Waals surface area contributed by atoms with Gasteiger partial charge in [0.05, 0.1) is 10.6 Å². The van der Waals surface area contributed by atoms with Crippen molar-refractivity contribution < 1.29 is 4.79 Å². The summed E-state index contributed by atoms with van der Waals surface area (Å²) >= 11 is 5.85. The van der Waals surface area contributed by atoms with Crippen molar-refractivity contribution in [1.29, 1.82) is 5.26 Å². The first-order valence-corrected chi connectivity index (χ1v) is 6.75. The molecule has 19 heavy (non-hydrogen) atoms. The van der Waals surface area contributed by atoms with Gasteiger partial charge in [-0.25, -0.2) is 4.79 Å². The number of anilines is 1. The summed E-state index contributed by atoms with van der Waals surface area (Å²) in [4.78, 5) is 13.8. The molecule has 1 rings (SSSR count). The van der Waals surface area contributed by atoms with Crippen molar-refractivity contribution in [1.82, 2.24) is 4.90 Å². The molecule has 4 nitrogen and oxygen atoms in total. The fourth-order valence-electron chi connectivity index (χ4n) is 1.75. The second-order valence-corrected chi connectivity index (χ2v) is 4.63. The molecule has 0 unspecified atom stereocenters. The highest BCUT2D eigenvalue weighted by Gasteiger charge is 2.12. The molecule has 0 spiro atoms. The van der Waals surface area contributed by atoms with E-state index < -0.39 is 0 Å². The van der Waals surface area contributed by atoms with Gasteiger partial charge in [0, 0.05) is 18.8 Å². The molecule has 0 aliphatic rings. The van der Waals surface area contributed by atoms with Crippen LogP contribution in [-0.2, 0) is 0 Å². The van der Waals surface area contributed by atoms with Crippen LogP contribution in [0.4, 0.5) is 10.5 Å². The van der Waals surface area contributed by atoms with Crippen LogP contribution in [0.2, 0.25) is 5.02 Å². The number of nitrogens with zero attached hydrogens (tertiary/aromatic N) is 2. The highest BCUT2D eigenvalue weighted by Crippen LogP contribution is 2.20. The number of hydrogen-bond acceptors (Lipinski definition) is 2. The Morgan fingerprint density at radius 1 is 1.37 bits per heavy atom. The molecule has 0 radical (unpaired) electrons. The van der Waals surface area contributed by atoms with Crippen LogP contribution < -0.4 is 5.32 Å². The van der Waals surface area contributed by atoms with Crippen molar-refractivity contribution in [3.05, 3.63) is 28.8 Å². The lowest BCUT2D eigenvalue weighted by molar-refractivity contribution is 0.211. The fourth-order valence-corrected chi connectivity index (χ4v) is 1.91. The Balaban J connectivity index is 2.78. The second kappa shape index (κ2) is 7.65. The van der Waals surface area contributed by atoms with Crippen molar-refractivity contribution in [3.63, 3.8) is 0 Å². The van der Waals surface area contributed by atoms with Gasteiger partial charge in [-0.05, 0) is 31.0 Å². The number of rotatable bonds is 5. The summed E-state index contributed by atoms with van der Waals surface area (Å²) in [7, 11) is 0. The summed E-state index contributed by atoms with van der Waals surface area (Å²) < 4.78 is 0. The summed E-state index contributed by atoms with van der Waals surface area (Å²) in [6.45, 7) is 5.51. The summed E-state index contributed by atoms with van der Waals surface area (Å²) in [6, 6.07) is 6.73. The molecule has 0 atom stereocenters. The van der Waals surface area contributed by atoms with Gasteiger partial charge in [0.1, 0.15) is 6.07 Å². The number of amides is 2. The van der Waals surface area contributed by atoms with Gasteiger partial charge in [0.15, 0.2) is 0 Å². The van der Waals surface area contributed by atoms with Gasteiger partial charge in [-0.2, -0.15) is 5.26 Å². The SMILES string of the molecule is CCCN(CCC)C(=O)Nc1ccc(Cl)c(C#N)c1. The lowest BCUT2D eigenvalue weighted by atomic mass is 10.2. The Morgan fingerprint density at radius 3 is 2.53 bits per heavy atom. The van der Waals surface area contributed by atoms with E-state index in [1.165, 1.54) is 0 Å². The highest BCUT2D eigenvalue weighted by atomic mass is 35.5. The number of benzene rings is 1. The summed E-state index contributed by atoms with van der Waals surface area (Å²) in [5, 5.41) is 12.1. The maximum absolute atomic E-state index is 12.1. The largest absolute Gasteiger partial charge is 0.325 e. The molecule has 0 aliphatic carbocycles. The molecule has 0 aromatic heterocycles. The summed E-state index contributed by atoms with van der Waals surface area (Å²) in [6.07, 6.45) is 1.83. The fraction of sp³-hybridized carbons (Fsp3) is 0.429. The second-order valence-electron chi connectivity index (χ2n) is 4.22. The number of halogens is 1. The quantitative estimate of drug-likeness (QED) is 0.889. The lowest BCUT2D eigenvalue weighted by Crippen LogP contribution is -2.36. The molecule has 0 bridgehead atoms. The Hall–Kier alpha value is -1.73. The zero-order valence-corrected chi connectivity index (χ0v) is 12.0. The molecular weight excluding hydrogens is 262 g/mol. The van der Waals surface area contributed by atoms with E-state index in [-0.39, 0.29) is 6.03 Å². The number of hydrogen-bond donors (Lipinski definition) is 1. The highest BCUT2D eigenvalue weighted by molar-refractivity contribution is 6.31. The molecule has 1 aromatic rings. The Morgan fingerprint density at radius 2 is 2.00 bits per heavy atom. The minimum Gasteiger partial charge on any atom is -0.325 e. The molecule has 0 heterocycles. The van der Waals surface area contributed by atoms with Crippen molar-refractivity contribution in [2.45, 2.75) is 26.7 Å². The third-order valence-electron chi connectivity index (χ3n) is 2.61. The maximum Gasteiger partial charge on any atom is 0.321 e. The molecule has 102 valence electrons. The lowest BCUT2D eigenvalue weighted by Gasteiger charge is -2.22. The average molecular weight is 280 g/mol. The van der Waals surface area contributed by atoms with Crippen molar-refractivity contribution >= 4 is 23.3 Å². The molecule has 1 N–H and O–H groups in total. The molecule has 1 aromatic carbocycles. The first kappa shape index (κ1) is 15.3. The molecule has 0 fully saturated rings. The Kier molecular flexibility index (Phi) is 6.17. The Labute approximate surface area is 119 Å². The van der Waals surface area contributed by atoms with Gasteiger partial charge in [-0.3, -0.25) is 0 Å². The molecule has 0 aliphatic heterocycles. The molecule has 0 saturated heterocycles. The van der Waals surface area contributed by atoms with Crippen LogP contribution in [-0.4, -0.2) is 24.0 Å². The zero-order chi connectivity index (χ0) is 14.3. The zero-order valence-electron chi connectivity index (χ0n) is 11.2. The van der Waals surface area contributed by atoms with Crippen molar-refractivity contribution in [3.8, 4) is 6.07 Å². The number of nitrogens with one attached hydrogen (secondary N) is 1. The first-order valence-electron chi connectivity index (χ1n) is 6.38. The predicted octanol–water partition coefficient (Wildman–Crippen LogP) is 3.87. The molecular formula is C14H18ClN3O. The van der Waals surface area contributed by atoms with E-state index in [0.29, 0.717) is 16.3 Å². The summed E-state index contributed by atoms with van der Waals surface area (Å²) in [5.41, 5.74) is 0.945. The number of carbonyl (C=O) groups is 1. The monoisotopic (exact) mass is 279 g/mol. The van der Waals surface area contributed by atoms with Crippen LogP contribution in [0.1, 0.15) is 32.3 Å². The van der Waals surface area contributed by atoms with Crippen molar-refractivity contribution in [2.75, 3.05) is 18.4 Å². The van der Waals surface area contributed by atoms with Gasteiger partial charge in [-0.15, -0.1) is 0 Å². The van der Waals surface area contributed by atoms with Gasteiger partial charge in [0.2, 0.25) is 0 Å². The van der Waals surface area contributed by atoms with Crippen LogP contribution in [0.3, 0.4) is 0 Å². The number of urea groups is 1. The number of nitriles is 1. The predicted molar refractivity (Wildman–Crippen MR) is 77.3 cm³/mol. The third kappa shape index (κ3) is 4.46. The Bertz CT molecular complexity index is 476. The van der Waals surface area contributed by atoms with Crippen LogP contribution >= 0.6 is 11.6 Å². The van der Waals surface area contributed by atoms with Crippen molar-refractivity contribution in [2.24, 2.45) is 0 Å². The van der Waals surface area contributed by atoms with E-state index in [4.69, 9.17) is 16.9 Å². The van der Waals surface area contributed by atoms with Crippen LogP contribution in [0.5, 0.6) is 0 Å². The smallest absolute Gasteiger partial charge is 0.321 e. The number of carbonyl (C=O) groups excluding carboxylic acids is 1. The van der Waals surface area contributed by atoms with E-state index in [9.17, 15) is 4.79 Å². The van der Waals surface area contributed by atoms with E-state index in [1.54, 1.807) is 23.1 Å². The topological polar surface area (TPSA) is 56.1 Å². The van der Waals surface area contributed by atoms with E-state index in [1.807, 2.05) is 19.9 Å².